The van der Waals surface area contributed by atoms with E-state index in [2.05, 4.69) is 35.5 Å². The molecule has 3 N–H and O–H groups in total. The van der Waals surface area contributed by atoms with Crippen LogP contribution in [0, 0.1) is 6.92 Å². The van der Waals surface area contributed by atoms with E-state index in [1.165, 1.54) is 0 Å². The predicted octanol–water partition coefficient (Wildman–Crippen LogP) is 4.76. The lowest BCUT2D eigenvalue weighted by molar-refractivity contribution is 0.563. The highest BCUT2D eigenvalue weighted by Gasteiger charge is 2.12. The normalized spacial score (nSPS) is 11.8. The number of nitrogens with one attached hydrogen (secondary N) is 2. The molecule has 0 saturated carbocycles. The van der Waals surface area contributed by atoms with Crippen LogP contribution in [0.5, 0.6) is 0 Å². The fourth-order valence-electron chi connectivity index (χ4n) is 3.58. The molecule has 1 atom stereocenters. The molecule has 0 radical (unpaired) electrons. The van der Waals surface area contributed by atoms with Gasteiger partial charge in [0.05, 0.1) is 11.4 Å². The van der Waals surface area contributed by atoms with Crippen LogP contribution in [0.4, 0.5) is 11.6 Å². The van der Waals surface area contributed by atoms with Gasteiger partial charge in [0.15, 0.2) is 22.7 Å². The molecule has 35 heavy (non-hydrogen) atoms. The van der Waals surface area contributed by atoms with Crippen molar-refractivity contribution >= 4 is 22.7 Å². The molecule has 5 aromatic rings. The number of aromatic nitrogens is 6. The molecule has 0 spiro atoms. The van der Waals surface area contributed by atoms with Gasteiger partial charge in [0.25, 0.3) is 0 Å². The molecule has 10 heteroatoms. The molecule has 0 saturated heterocycles. The first-order valence-corrected chi connectivity index (χ1v) is 12.0. The van der Waals surface area contributed by atoms with E-state index in [1.807, 2.05) is 61.5 Å². The van der Waals surface area contributed by atoms with Crippen molar-refractivity contribution in [2.45, 2.75) is 12.7 Å². The van der Waals surface area contributed by atoms with E-state index in [0.29, 0.717) is 17.6 Å². The largest absolute Gasteiger partial charge is 0.324 e. The number of anilines is 2. The van der Waals surface area contributed by atoms with Crippen LogP contribution in [0.25, 0.3) is 34.0 Å². The molecule has 9 nitrogen and oxygen atoms in total. The summed E-state index contributed by atoms with van der Waals surface area (Å²) in [5, 5.41) is 10.6. The van der Waals surface area contributed by atoms with Crippen molar-refractivity contribution in [3.63, 3.8) is 0 Å². The highest BCUT2D eigenvalue weighted by atomic mass is 32.2. The lowest BCUT2D eigenvalue weighted by atomic mass is 10.1. The summed E-state index contributed by atoms with van der Waals surface area (Å²) in [5.41, 5.74) is 5.90. The van der Waals surface area contributed by atoms with E-state index in [-0.39, 0.29) is 5.75 Å². The highest BCUT2D eigenvalue weighted by molar-refractivity contribution is 7.78. The maximum absolute atomic E-state index is 11.1. The van der Waals surface area contributed by atoms with Gasteiger partial charge in [-0.25, -0.2) is 19.2 Å². The van der Waals surface area contributed by atoms with Crippen molar-refractivity contribution in [1.82, 2.24) is 30.1 Å². The zero-order valence-electron chi connectivity index (χ0n) is 18.7. The summed E-state index contributed by atoms with van der Waals surface area (Å²) >= 11 is -1.91. The van der Waals surface area contributed by atoms with Gasteiger partial charge in [0.2, 0.25) is 5.95 Å². The van der Waals surface area contributed by atoms with E-state index in [0.717, 1.165) is 39.2 Å². The Hall–Kier alpha value is -4.28. The third-order valence-corrected chi connectivity index (χ3v) is 5.91. The van der Waals surface area contributed by atoms with Gasteiger partial charge in [-0.1, -0.05) is 30.3 Å². The highest BCUT2D eigenvalue weighted by Crippen LogP contribution is 2.27. The number of hydrogen-bond acceptors (Lipinski definition) is 7. The molecule has 1 unspecified atom stereocenters. The van der Waals surface area contributed by atoms with Crippen molar-refractivity contribution in [1.29, 1.82) is 0 Å². The lowest BCUT2D eigenvalue weighted by Crippen LogP contribution is -2.00. The predicted molar refractivity (Wildman–Crippen MR) is 135 cm³/mol. The molecule has 0 fully saturated rings. The monoisotopic (exact) mass is 483 g/mol. The molecular weight excluding hydrogens is 462 g/mol. The zero-order chi connectivity index (χ0) is 24.2. The maximum Gasteiger partial charge on any atom is 0.227 e. The molecule has 0 aliphatic heterocycles. The van der Waals surface area contributed by atoms with Crippen LogP contribution >= 0.6 is 0 Å². The van der Waals surface area contributed by atoms with Gasteiger partial charge < -0.3 is 9.87 Å². The Labute approximate surface area is 204 Å². The lowest BCUT2D eigenvalue weighted by Gasteiger charge is -2.10. The van der Waals surface area contributed by atoms with Crippen molar-refractivity contribution in [2.24, 2.45) is 0 Å². The number of H-pyrrole nitrogens is 1. The molecule has 0 bridgehead atoms. The zero-order valence-corrected chi connectivity index (χ0v) is 19.5. The quantitative estimate of drug-likeness (QED) is 0.282. The van der Waals surface area contributed by atoms with Crippen LogP contribution in [-0.4, -0.2) is 38.9 Å². The third kappa shape index (κ3) is 5.29. The summed E-state index contributed by atoms with van der Waals surface area (Å²) in [6, 6.07) is 18.9. The number of aromatic amines is 1. The minimum Gasteiger partial charge on any atom is -0.324 e. The first-order chi connectivity index (χ1) is 17.0. The molecule has 174 valence electrons. The minimum atomic E-state index is -1.91. The van der Waals surface area contributed by atoms with E-state index in [4.69, 9.17) is 4.55 Å². The van der Waals surface area contributed by atoms with E-state index in [9.17, 15) is 4.21 Å². The summed E-state index contributed by atoms with van der Waals surface area (Å²) in [6.45, 7) is 2.00. The minimum absolute atomic E-state index is 0.0577. The fraction of sp³-hybridized carbons (Fsp3) is 0.0800. The fourth-order valence-corrected chi connectivity index (χ4v) is 4.05. The summed E-state index contributed by atoms with van der Waals surface area (Å²) in [5.74, 6) is 1.64. The number of aryl methyl sites for hydroxylation is 1. The van der Waals surface area contributed by atoms with Gasteiger partial charge in [-0.2, -0.15) is 5.10 Å². The smallest absolute Gasteiger partial charge is 0.227 e. The summed E-state index contributed by atoms with van der Waals surface area (Å²) in [4.78, 5) is 17.8. The van der Waals surface area contributed by atoms with Gasteiger partial charge in [0, 0.05) is 41.0 Å². The standard InChI is InChI=1S/C25H21N7O2S/c1-16-7-8-19(24-30-23(31-32-24)18-5-2-4-17(12-18)15-35(33)34)13-22(16)29-25-27-11-9-21(28-25)20-6-3-10-26-14-20/h2-14H,15H2,1H3,(H,33,34)(H,27,28,29)(H,30,31,32). The van der Waals surface area contributed by atoms with E-state index in [1.54, 1.807) is 24.7 Å². The second-order valence-electron chi connectivity index (χ2n) is 7.84. The van der Waals surface area contributed by atoms with Crippen LogP contribution in [0.2, 0.25) is 0 Å². The molecule has 0 amide bonds. The average molecular weight is 484 g/mol. The van der Waals surface area contributed by atoms with Crippen LogP contribution in [0.15, 0.2) is 79.3 Å². The van der Waals surface area contributed by atoms with Gasteiger partial charge in [-0.15, -0.1) is 0 Å². The Balaban J connectivity index is 1.40. The van der Waals surface area contributed by atoms with Crippen LogP contribution in [-0.2, 0) is 16.8 Å². The summed E-state index contributed by atoms with van der Waals surface area (Å²) in [7, 11) is 0. The first-order valence-electron chi connectivity index (χ1n) is 10.8. The third-order valence-electron chi connectivity index (χ3n) is 5.33. The Morgan fingerprint density at radius 3 is 2.69 bits per heavy atom. The first kappa shape index (κ1) is 22.5. The molecule has 0 aliphatic carbocycles. The van der Waals surface area contributed by atoms with Crippen LogP contribution < -0.4 is 5.32 Å². The molecule has 3 aromatic heterocycles. The summed E-state index contributed by atoms with van der Waals surface area (Å²) in [6.07, 6.45) is 5.19. The van der Waals surface area contributed by atoms with E-state index < -0.39 is 11.1 Å². The van der Waals surface area contributed by atoms with Crippen molar-refractivity contribution in [2.75, 3.05) is 5.32 Å². The van der Waals surface area contributed by atoms with Crippen LogP contribution in [0.3, 0.4) is 0 Å². The number of rotatable bonds is 7. The molecule has 5 rings (SSSR count). The van der Waals surface area contributed by atoms with Gasteiger partial charge in [-0.3, -0.25) is 10.1 Å². The molecule has 2 aromatic carbocycles. The Morgan fingerprint density at radius 2 is 1.86 bits per heavy atom. The summed E-state index contributed by atoms with van der Waals surface area (Å²) < 4.78 is 20.3. The van der Waals surface area contributed by atoms with Crippen molar-refractivity contribution in [3.8, 4) is 34.0 Å². The van der Waals surface area contributed by atoms with Crippen molar-refractivity contribution in [3.05, 3.63) is 90.4 Å². The molecule has 0 aliphatic rings. The SMILES string of the molecule is Cc1ccc(-c2nc(-c3cccc(CS(=O)O)c3)n[nH]2)cc1Nc1nccc(-c2cccnc2)n1. The van der Waals surface area contributed by atoms with Gasteiger partial charge in [-0.05, 0) is 48.4 Å². The van der Waals surface area contributed by atoms with Gasteiger partial charge in [0.1, 0.15) is 0 Å². The topological polar surface area (TPSA) is 130 Å². The molecular formula is C25H21N7O2S. The van der Waals surface area contributed by atoms with Gasteiger partial charge >= 0.3 is 0 Å². The molecule has 3 heterocycles. The van der Waals surface area contributed by atoms with Crippen LogP contribution in [0.1, 0.15) is 11.1 Å². The number of hydrogen-bond donors (Lipinski definition) is 3. The maximum atomic E-state index is 11.1. The second-order valence-corrected chi connectivity index (χ2v) is 8.77. The number of pyridine rings is 1. The average Bonchev–Trinajstić information content (AvgIpc) is 3.36. The Bertz CT molecular complexity index is 1500. The number of nitrogens with zero attached hydrogens (tertiary/aromatic N) is 5. The second kappa shape index (κ2) is 9.92. The van der Waals surface area contributed by atoms with E-state index >= 15 is 0 Å². The van der Waals surface area contributed by atoms with Crippen molar-refractivity contribution < 1.29 is 8.76 Å². The number of benzene rings is 2. The Morgan fingerprint density at radius 1 is 0.971 bits per heavy atom. The Kier molecular flexibility index (Phi) is 6.38.